The van der Waals surface area contributed by atoms with E-state index in [0.29, 0.717) is 12.5 Å². The number of piperidine rings is 1. The summed E-state index contributed by atoms with van der Waals surface area (Å²) in [6.07, 6.45) is 5.27. The summed E-state index contributed by atoms with van der Waals surface area (Å²) in [5.41, 5.74) is 4.25. The molecule has 0 aliphatic carbocycles. The molecule has 1 aromatic heterocycles. The normalized spacial score (nSPS) is 28.1. The van der Waals surface area contributed by atoms with Crippen LogP contribution in [-0.4, -0.2) is 23.0 Å². The smallest absolute Gasteiger partial charge is 0.0628 e. The highest BCUT2D eigenvalue weighted by molar-refractivity contribution is 5.85. The summed E-state index contributed by atoms with van der Waals surface area (Å²) in [6, 6.07) is 11.5. The summed E-state index contributed by atoms with van der Waals surface area (Å²) in [5, 5.41) is 10.8. The fourth-order valence-corrected chi connectivity index (χ4v) is 4.83. The molecular weight excluding hydrogens is 270 g/mol. The van der Waals surface area contributed by atoms with E-state index < -0.39 is 0 Å². The molecule has 1 aromatic carbocycles. The van der Waals surface area contributed by atoms with Crippen molar-refractivity contribution in [3.8, 4) is 6.07 Å². The second-order valence-electron chi connectivity index (χ2n) is 6.91. The summed E-state index contributed by atoms with van der Waals surface area (Å²) < 4.78 is 0. The van der Waals surface area contributed by atoms with Crippen LogP contribution in [-0.2, 0) is 6.42 Å². The number of rotatable bonds is 2. The van der Waals surface area contributed by atoms with Gasteiger partial charge >= 0.3 is 0 Å². The Hall–Kier alpha value is -1.79. The van der Waals surface area contributed by atoms with Crippen molar-refractivity contribution in [1.29, 1.82) is 5.26 Å². The highest BCUT2D eigenvalue weighted by Crippen LogP contribution is 2.53. The van der Waals surface area contributed by atoms with E-state index in [4.69, 9.17) is 0 Å². The van der Waals surface area contributed by atoms with Gasteiger partial charge in [0.05, 0.1) is 12.1 Å². The van der Waals surface area contributed by atoms with Crippen LogP contribution in [0.1, 0.15) is 49.9 Å². The lowest BCUT2D eigenvalue weighted by atomic mass is 9.66. The number of hydrogen-bond acceptors (Lipinski definition) is 2. The zero-order valence-corrected chi connectivity index (χ0v) is 13.2. The van der Waals surface area contributed by atoms with Crippen molar-refractivity contribution >= 4 is 10.9 Å². The van der Waals surface area contributed by atoms with Crippen molar-refractivity contribution in [2.24, 2.45) is 5.41 Å². The summed E-state index contributed by atoms with van der Waals surface area (Å²) in [5.74, 6) is 0. The Morgan fingerprint density at radius 2 is 2.23 bits per heavy atom. The number of nitrogens with zero attached hydrogens (tertiary/aromatic N) is 2. The van der Waals surface area contributed by atoms with Gasteiger partial charge in [-0.2, -0.15) is 5.26 Å². The number of aromatic amines is 1. The topological polar surface area (TPSA) is 42.8 Å². The standard InChI is InChI=1S/C19H23N3/c1-2-19(10-11-20)9-5-12-22-13-8-15-14-6-3-4-7-16(14)21-17(15)18(19)22/h3-4,6-7,18,21H,2,5,8-10,12-13H2,1H3. The molecule has 3 nitrogen and oxygen atoms in total. The number of H-pyrrole nitrogens is 1. The van der Waals surface area contributed by atoms with E-state index in [9.17, 15) is 5.26 Å². The Balaban J connectivity index is 1.90. The molecule has 0 spiro atoms. The lowest BCUT2D eigenvalue weighted by molar-refractivity contribution is 0.00174. The van der Waals surface area contributed by atoms with Gasteiger partial charge in [0.25, 0.3) is 0 Å². The molecule has 0 amide bonds. The first-order chi connectivity index (χ1) is 10.8. The molecule has 114 valence electrons. The largest absolute Gasteiger partial charge is 0.357 e. The van der Waals surface area contributed by atoms with E-state index in [-0.39, 0.29) is 5.41 Å². The van der Waals surface area contributed by atoms with Crippen LogP contribution in [0.15, 0.2) is 24.3 Å². The summed E-state index contributed by atoms with van der Waals surface area (Å²) in [7, 11) is 0. The Labute approximate surface area is 131 Å². The number of para-hydroxylation sites is 1. The van der Waals surface area contributed by atoms with Crippen LogP contribution in [0.2, 0.25) is 0 Å². The molecule has 3 heteroatoms. The third-order valence-electron chi connectivity index (χ3n) is 5.97. The fraction of sp³-hybridized carbons (Fsp3) is 0.526. The third-order valence-corrected chi connectivity index (χ3v) is 5.97. The maximum absolute atomic E-state index is 9.41. The van der Waals surface area contributed by atoms with Crippen LogP contribution < -0.4 is 0 Å². The summed E-state index contributed by atoms with van der Waals surface area (Å²) in [4.78, 5) is 6.34. The van der Waals surface area contributed by atoms with Gasteiger partial charge in [0.15, 0.2) is 0 Å². The molecular formula is C19H23N3. The monoisotopic (exact) mass is 293 g/mol. The number of nitriles is 1. The van der Waals surface area contributed by atoms with Gasteiger partial charge in [-0.15, -0.1) is 0 Å². The molecule has 22 heavy (non-hydrogen) atoms. The predicted octanol–water partition coefficient (Wildman–Crippen LogP) is 4.17. The van der Waals surface area contributed by atoms with E-state index in [1.807, 2.05) is 0 Å². The summed E-state index contributed by atoms with van der Waals surface area (Å²) in [6.45, 7) is 4.57. The molecule has 0 bridgehead atoms. The van der Waals surface area contributed by atoms with Gasteiger partial charge in [-0.3, -0.25) is 4.90 Å². The Kier molecular flexibility index (Phi) is 3.23. The zero-order chi connectivity index (χ0) is 15.2. The number of hydrogen-bond donors (Lipinski definition) is 1. The predicted molar refractivity (Wildman–Crippen MR) is 88.5 cm³/mol. The molecule has 1 N–H and O–H groups in total. The van der Waals surface area contributed by atoms with E-state index in [1.54, 1.807) is 0 Å². The SMILES string of the molecule is CCC1(CC#N)CCCN2CCc3c([nH]c4ccccc34)C21. The van der Waals surface area contributed by atoms with Crippen LogP contribution in [0.4, 0.5) is 0 Å². The van der Waals surface area contributed by atoms with E-state index in [2.05, 4.69) is 47.1 Å². The second kappa shape index (κ2) is 5.14. The van der Waals surface area contributed by atoms with Crippen LogP contribution in [0, 0.1) is 16.7 Å². The van der Waals surface area contributed by atoms with E-state index in [1.165, 1.54) is 41.5 Å². The maximum Gasteiger partial charge on any atom is 0.0628 e. The van der Waals surface area contributed by atoms with Crippen LogP contribution >= 0.6 is 0 Å². The Morgan fingerprint density at radius 3 is 3.05 bits per heavy atom. The molecule has 3 heterocycles. The second-order valence-corrected chi connectivity index (χ2v) is 6.91. The molecule has 2 unspecified atom stereocenters. The minimum absolute atomic E-state index is 0.114. The Morgan fingerprint density at radius 1 is 1.36 bits per heavy atom. The molecule has 2 aliphatic heterocycles. The van der Waals surface area contributed by atoms with E-state index in [0.717, 1.165) is 19.4 Å². The first-order valence-electron chi connectivity index (χ1n) is 8.49. The Bertz CT molecular complexity index is 739. The number of fused-ring (bicyclic) bond motifs is 5. The minimum Gasteiger partial charge on any atom is -0.357 e. The lowest BCUT2D eigenvalue weighted by Crippen LogP contribution is -2.49. The number of benzene rings is 1. The molecule has 1 saturated heterocycles. The van der Waals surface area contributed by atoms with Gasteiger partial charge < -0.3 is 4.98 Å². The van der Waals surface area contributed by atoms with Crippen LogP contribution in [0.5, 0.6) is 0 Å². The highest BCUT2D eigenvalue weighted by Gasteiger charge is 2.47. The van der Waals surface area contributed by atoms with E-state index >= 15 is 0 Å². The van der Waals surface area contributed by atoms with Crippen molar-refractivity contribution in [3.63, 3.8) is 0 Å². The lowest BCUT2D eigenvalue weighted by Gasteiger charge is -2.51. The fourth-order valence-electron chi connectivity index (χ4n) is 4.83. The molecule has 2 aliphatic rings. The molecule has 2 atom stereocenters. The van der Waals surface area contributed by atoms with Gasteiger partial charge in [-0.05, 0) is 43.9 Å². The average Bonchev–Trinajstić information content (AvgIpc) is 2.93. The van der Waals surface area contributed by atoms with Crippen molar-refractivity contribution in [2.45, 2.75) is 45.1 Å². The number of aromatic nitrogens is 1. The van der Waals surface area contributed by atoms with Crippen molar-refractivity contribution < 1.29 is 0 Å². The molecule has 0 saturated carbocycles. The first kappa shape index (κ1) is 13.8. The molecule has 0 radical (unpaired) electrons. The van der Waals surface area contributed by atoms with Crippen LogP contribution in [0.25, 0.3) is 10.9 Å². The van der Waals surface area contributed by atoms with Gasteiger partial charge in [0.1, 0.15) is 0 Å². The van der Waals surface area contributed by atoms with Crippen molar-refractivity contribution in [1.82, 2.24) is 9.88 Å². The van der Waals surface area contributed by atoms with Crippen molar-refractivity contribution in [2.75, 3.05) is 13.1 Å². The molecule has 2 aromatic rings. The van der Waals surface area contributed by atoms with Crippen molar-refractivity contribution in [3.05, 3.63) is 35.5 Å². The molecule has 4 rings (SSSR count). The highest BCUT2D eigenvalue weighted by atomic mass is 15.2. The minimum atomic E-state index is 0.114. The molecule has 1 fully saturated rings. The first-order valence-corrected chi connectivity index (χ1v) is 8.49. The van der Waals surface area contributed by atoms with Gasteiger partial charge in [0.2, 0.25) is 0 Å². The van der Waals surface area contributed by atoms with Gasteiger partial charge in [-0.25, -0.2) is 0 Å². The van der Waals surface area contributed by atoms with Gasteiger partial charge in [0, 0.05) is 35.0 Å². The zero-order valence-electron chi connectivity index (χ0n) is 13.2. The maximum atomic E-state index is 9.41. The summed E-state index contributed by atoms with van der Waals surface area (Å²) >= 11 is 0. The van der Waals surface area contributed by atoms with Crippen LogP contribution in [0.3, 0.4) is 0 Å². The van der Waals surface area contributed by atoms with Gasteiger partial charge in [-0.1, -0.05) is 25.1 Å². The number of nitrogens with one attached hydrogen (secondary N) is 1. The quantitative estimate of drug-likeness (QED) is 0.903. The third kappa shape index (κ3) is 1.84. The average molecular weight is 293 g/mol.